The molecule has 0 amide bonds. The largest absolute Gasteiger partial charge is 0.325 e. The lowest BCUT2D eigenvalue weighted by molar-refractivity contribution is 0.269. The molecule has 1 aliphatic rings. The van der Waals surface area contributed by atoms with E-state index in [9.17, 15) is 0 Å². The van der Waals surface area contributed by atoms with Gasteiger partial charge in [-0.1, -0.05) is 90.4 Å². The lowest BCUT2D eigenvalue weighted by Crippen LogP contribution is -2.41. The van der Waals surface area contributed by atoms with Gasteiger partial charge in [-0.3, -0.25) is 0 Å². The fourth-order valence-corrected chi connectivity index (χ4v) is 3.47. The van der Waals surface area contributed by atoms with Gasteiger partial charge in [0.05, 0.1) is 0 Å². The predicted molar refractivity (Wildman–Crippen MR) is 86.5 cm³/mol. The molecule has 0 saturated heterocycles. The minimum Gasteiger partial charge on any atom is -0.325 e. The molecule has 1 rings (SSSR count). The molecule has 114 valence electrons. The third-order valence-electron chi connectivity index (χ3n) is 4.88. The molecular formula is C18H37N. The summed E-state index contributed by atoms with van der Waals surface area (Å²) in [6, 6.07) is 0. The van der Waals surface area contributed by atoms with Crippen LogP contribution in [0.5, 0.6) is 0 Å². The molecule has 19 heavy (non-hydrogen) atoms. The zero-order valence-electron chi connectivity index (χ0n) is 13.4. The second-order valence-corrected chi connectivity index (χ2v) is 6.86. The van der Waals surface area contributed by atoms with Crippen molar-refractivity contribution in [1.29, 1.82) is 0 Å². The molecule has 0 bridgehead atoms. The molecule has 0 aromatic rings. The van der Waals surface area contributed by atoms with Crippen molar-refractivity contribution in [2.45, 2.75) is 115 Å². The Morgan fingerprint density at radius 2 is 1.16 bits per heavy atom. The molecule has 1 heteroatoms. The average molecular weight is 268 g/mol. The molecule has 1 fully saturated rings. The highest BCUT2D eigenvalue weighted by Gasteiger charge is 2.26. The van der Waals surface area contributed by atoms with Gasteiger partial charge in [0.2, 0.25) is 0 Å². The van der Waals surface area contributed by atoms with Crippen molar-refractivity contribution in [2.75, 3.05) is 0 Å². The van der Waals surface area contributed by atoms with Gasteiger partial charge in [-0.25, -0.2) is 0 Å². The number of unbranched alkanes of at least 4 members (excludes halogenated alkanes) is 9. The van der Waals surface area contributed by atoms with E-state index in [1.54, 1.807) is 0 Å². The van der Waals surface area contributed by atoms with Gasteiger partial charge in [0.25, 0.3) is 0 Å². The summed E-state index contributed by atoms with van der Waals surface area (Å²) in [5, 5.41) is 0. The maximum atomic E-state index is 6.47. The van der Waals surface area contributed by atoms with Crippen molar-refractivity contribution in [1.82, 2.24) is 0 Å². The van der Waals surface area contributed by atoms with Crippen LogP contribution in [-0.4, -0.2) is 5.54 Å². The van der Waals surface area contributed by atoms with Crippen molar-refractivity contribution in [2.24, 2.45) is 5.73 Å². The maximum Gasteiger partial charge on any atom is 0.0154 e. The van der Waals surface area contributed by atoms with E-state index >= 15 is 0 Å². The Bertz CT molecular complexity index is 194. The van der Waals surface area contributed by atoms with E-state index in [0.29, 0.717) is 0 Å². The number of rotatable bonds is 11. The summed E-state index contributed by atoms with van der Waals surface area (Å²) in [7, 11) is 0. The number of nitrogens with two attached hydrogens (primary N) is 1. The van der Waals surface area contributed by atoms with Gasteiger partial charge in [-0.2, -0.15) is 0 Å². The van der Waals surface area contributed by atoms with Gasteiger partial charge >= 0.3 is 0 Å². The average Bonchev–Trinajstić information content (AvgIpc) is 2.42. The third-order valence-corrected chi connectivity index (χ3v) is 4.88. The highest BCUT2D eigenvalue weighted by atomic mass is 14.7. The molecule has 1 saturated carbocycles. The van der Waals surface area contributed by atoms with E-state index in [4.69, 9.17) is 5.73 Å². The van der Waals surface area contributed by atoms with Crippen LogP contribution in [0.3, 0.4) is 0 Å². The Morgan fingerprint density at radius 3 is 1.68 bits per heavy atom. The minimum atomic E-state index is 0.221. The Kier molecular flexibility index (Phi) is 9.59. The SMILES string of the molecule is CCCCCCCCCCCCC1(N)CCCCC1. The molecule has 0 heterocycles. The number of hydrogen-bond donors (Lipinski definition) is 1. The van der Waals surface area contributed by atoms with E-state index in [2.05, 4.69) is 6.92 Å². The van der Waals surface area contributed by atoms with E-state index < -0.39 is 0 Å². The number of hydrogen-bond acceptors (Lipinski definition) is 1. The zero-order chi connectivity index (χ0) is 13.8. The van der Waals surface area contributed by atoms with Crippen LogP contribution in [0, 0.1) is 0 Å². The van der Waals surface area contributed by atoms with Crippen LogP contribution in [-0.2, 0) is 0 Å². The van der Waals surface area contributed by atoms with Crippen molar-refractivity contribution in [3.05, 3.63) is 0 Å². The molecule has 2 N–H and O–H groups in total. The van der Waals surface area contributed by atoms with Crippen LogP contribution in [0.2, 0.25) is 0 Å². The van der Waals surface area contributed by atoms with Crippen LogP contribution in [0.1, 0.15) is 110 Å². The zero-order valence-corrected chi connectivity index (χ0v) is 13.4. The summed E-state index contributed by atoms with van der Waals surface area (Å²) in [5.41, 5.74) is 6.69. The predicted octanol–water partition coefficient (Wildman–Crippen LogP) is 5.96. The van der Waals surface area contributed by atoms with Crippen LogP contribution >= 0.6 is 0 Å². The topological polar surface area (TPSA) is 26.0 Å². The van der Waals surface area contributed by atoms with E-state index in [-0.39, 0.29) is 5.54 Å². The van der Waals surface area contributed by atoms with Gasteiger partial charge in [-0.05, 0) is 19.3 Å². The summed E-state index contributed by atoms with van der Waals surface area (Å²) in [4.78, 5) is 0. The summed E-state index contributed by atoms with van der Waals surface area (Å²) >= 11 is 0. The first-order valence-electron chi connectivity index (χ1n) is 9.06. The van der Waals surface area contributed by atoms with Crippen molar-refractivity contribution >= 4 is 0 Å². The quantitative estimate of drug-likeness (QED) is 0.459. The standard InChI is InChI=1S/C18H37N/c1-2-3-4-5-6-7-8-9-10-12-15-18(19)16-13-11-14-17-18/h2-17,19H2,1H3. The Morgan fingerprint density at radius 1 is 0.684 bits per heavy atom. The highest BCUT2D eigenvalue weighted by Crippen LogP contribution is 2.30. The first-order chi connectivity index (χ1) is 9.27. The fourth-order valence-electron chi connectivity index (χ4n) is 3.47. The second kappa shape index (κ2) is 10.7. The molecule has 0 radical (unpaired) electrons. The van der Waals surface area contributed by atoms with Gasteiger partial charge in [0.1, 0.15) is 0 Å². The van der Waals surface area contributed by atoms with Gasteiger partial charge in [0, 0.05) is 5.54 Å². The molecule has 1 aliphatic carbocycles. The molecule has 0 aliphatic heterocycles. The second-order valence-electron chi connectivity index (χ2n) is 6.86. The van der Waals surface area contributed by atoms with Gasteiger partial charge in [0.15, 0.2) is 0 Å². The van der Waals surface area contributed by atoms with Crippen LogP contribution < -0.4 is 5.73 Å². The van der Waals surface area contributed by atoms with Crippen LogP contribution in [0.4, 0.5) is 0 Å². The highest BCUT2D eigenvalue weighted by molar-refractivity contribution is 4.86. The molecular weight excluding hydrogens is 230 g/mol. The molecule has 0 aromatic heterocycles. The van der Waals surface area contributed by atoms with Crippen molar-refractivity contribution in [3.8, 4) is 0 Å². The Balaban J connectivity index is 1.83. The monoisotopic (exact) mass is 267 g/mol. The van der Waals surface area contributed by atoms with Crippen LogP contribution in [0.15, 0.2) is 0 Å². The summed E-state index contributed by atoms with van der Waals surface area (Å²) in [6.45, 7) is 2.29. The summed E-state index contributed by atoms with van der Waals surface area (Å²) in [6.07, 6.45) is 22.3. The van der Waals surface area contributed by atoms with Crippen LogP contribution in [0.25, 0.3) is 0 Å². The molecule has 0 aromatic carbocycles. The third kappa shape index (κ3) is 8.68. The van der Waals surface area contributed by atoms with Gasteiger partial charge in [-0.15, -0.1) is 0 Å². The summed E-state index contributed by atoms with van der Waals surface area (Å²) in [5.74, 6) is 0. The molecule has 1 nitrogen and oxygen atoms in total. The van der Waals surface area contributed by atoms with E-state index in [0.717, 1.165) is 0 Å². The molecule has 0 atom stereocenters. The normalized spacial score (nSPS) is 18.6. The smallest absolute Gasteiger partial charge is 0.0154 e. The molecule has 0 unspecified atom stereocenters. The van der Waals surface area contributed by atoms with Gasteiger partial charge < -0.3 is 5.73 Å². The first-order valence-corrected chi connectivity index (χ1v) is 9.06. The lowest BCUT2D eigenvalue weighted by Gasteiger charge is -2.33. The summed E-state index contributed by atoms with van der Waals surface area (Å²) < 4.78 is 0. The Hall–Kier alpha value is -0.0400. The van der Waals surface area contributed by atoms with Crippen molar-refractivity contribution < 1.29 is 0 Å². The maximum absolute atomic E-state index is 6.47. The minimum absolute atomic E-state index is 0.221. The Labute approximate surface area is 121 Å². The first kappa shape index (κ1) is 17.0. The molecule has 0 spiro atoms. The lowest BCUT2D eigenvalue weighted by atomic mass is 9.79. The van der Waals surface area contributed by atoms with Crippen molar-refractivity contribution in [3.63, 3.8) is 0 Å². The fraction of sp³-hybridized carbons (Fsp3) is 1.00. The van der Waals surface area contributed by atoms with E-state index in [1.807, 2.05) is 0 Å². The van der Waals surface area contributed by atoms with E-state index in [1.165, 1.54) is 103 Å².